The molecule has 0 saturated carbocycles. The Kier molecular flexibility index (Phi) is 4.09. The highest BCUT2D eigenvalue weighted by molar-refractivity contribution is 7.89. The number of nitrogens with zero attached hydrogens (tertiary/aromatic N) is 4. The molecule has 4 rings (SSSR count). The van der Waals surface area contributed by atoms with E-state index in [9.17, 15) is 13.2 Å². The van der Waals surface area contributed by atoms with E-state index in [4.69, 9.17) is 0 Å². The van der Waals surface area contributed by atoms with Crippen LogP contribution in [0, 0.1) is 0 Å². The molecule has 0 aliphatic carbocycles. The Hall–Kier alpha value is -1.45. The normalized spacial score (nSPS) is 25.9. The molecule has 1 N–H and O–H groups in total. The maximum Gasteiger partial charge on any atom is 0.260 e. The quantitative estimate of drug-likeness (QED) is 0.785. The number of imidazole rings is 1. The third kappa shape index (κ3) is 2.64. The lowest BCUT2D eigenvalue weighted by molar-refractivity contribution is -0.135. The molecular weight excluding hydrogens is 330 g/mol. The van der Waals surface area contributed by atoms with Crippen LogP contribution in [0.1, 0.15) is 25.1 Å². The molecule has 2 saturated heterocycles. The molecule has 0 aromatic carbocycles. The summed E-state index contributed by atoms with van der Waals surface area (Å²) in [5.74, 6) is 0.926. The van der Waals surface area contributed by atoms with E-state index >= 15 is 0 Å². The minimum Gasteiger partial charge on any atom is -0.336 e. The van der Waals surface area contributed by atoms with Gasteiger partial charge in [0.1, 0.15) is 5.82 Å². The number of piperazine rings is 1. The van der Waals surface area contributed by atoms with Crippen molar-refractivity contribution in [1.82, 2.24) is 24.1 Å². The topological polar surface area (TPSA) is 87.5 Å². The second-order valence-electron chi connectivity index (χ2n) is 6.69. The Balaban J connectivity index is 1.56. The average molecular weight is 353 g/mol. The van der Waals surface area contributed by atoms with Crippen molar-refractivity contribution in [3.8, 4) is 0 Å². The number of carbonyl (C=O) groups excluding carboxylic acids is 1. The summed E-state index contributed by atoms with van der Waals surface area (Å²) in [6.45, 7) is 3.38. The molecule has 132 valence electrons. The molecule has 3 aliphatic heterocycles. The third-order valence-electron chi connectivity index (χ3n) is 5.21. The summed E-state index contributed by atoms with van der Waals surface area (Å²) in [5, 5.41) is 3.37. The number of amides is 1. The molecule has 1 aromatic heterocycles. The van der Waals surface area contributed by atoms with Crippen molar-refractivity contribution in [2.45, 2.75) is 43.3 Å². The second kappa shape index (κ2) is 6.12. The number of hydrogen-bond donors (Lipinski definition) is 1. The van der Waals surface area contributed by atoms with Gasteiger partial charge in [0, 0.05) is 45.2 Å². The summed E-state index contributed by atoms with van der Waals surface area (Å²) < 4.78 is 29.5. The van der Waals surface area contributed by atoms with Crippen molar-refractivity contribution in [3.05, 3.63) is 12.0 Å². The molecule has 0 unspecified atom stereocenters. The van der Waals surface area contributed by atoms with Crippen LogP contribution in [-0.4, -0.2) is 71.8 Å². The van der Waals surface area contributed by atoms with Gasteiger partial charge >= 0.3 is 0 Å². The highest BCUT2D eigenvalue weighted by Crippen LogP contribution is 2.26. The van der Waals surface area contributed by atoms with Gasteiger partial charge in [0.2, 0.25) is 5.91 Å². The summed E-state index contributed by atoms with van der Waals surface area (Å²) in [7, 11) is -3.55. The number of aryl methyl sites for hydroxylation is 1. The summed E-state index contributed by atoms with van der Waals surface area (Å²) in [6.07, 6.45) is 4.92. The molecule has 0 bridgehead atoms. The highest BCUT2D eigenvalue weighted by Gasteiger charge is 2.37. The van der Waals surface area contributed by atoms with E-state index in [0.717, 1.165) is 44.6 Å². The monoisotopic (exact) mass is 353 g/mol. The lowest BCUT2D eigenvalue weighted by Crippen LogP contribution is -2.57. The zero-order valence-electron chi connectivity index (χ0n) is 13.6. The van der Waals surface area contributed by atoms with Crippen LogP contribution >= 0.6 is 0 Å². The van der Waals surface area contributed by atoms with Crippen molar-refractivity contribution in [1.29, 1.82) is 0 Å². The number of piperidine rings is 1. The van der Waals surface area contributed by atoms with Crippen molar-refractivity contribution < 1.29 is 13.2 Å². The smallest absolute Gasteiger partial charge is 0.260 e. The van der Waals surface area contributed by atoms with Gasteiger partial charge in [0.05, 0.1) is 12.7 Å². The number of sulfonamides is 1. The van der Waals surface area contributed by atoms with Gasteiger partial charge in [0.25, 0.3) is 10.0 Å². The van der Waals surface area contributed by atoms with Crippen LogP contribution in [0.25, 0.3) is 0 Å². The zero-order valence-corrected chi connectivity index (χ0v) is 14.5. The minimum atomic E-state index is -3.55. The van der Waals surface area contributed by atoms with Crippen LogP contribution in [0.2, 0.25) is 0 Å². The number of hydrogen-bond acceptors (Lipinski definition) is 5. The highest BCUT2D eigenvalue weighted by atomic mass is 32.2. The Morgan fingerprint density at radius 2 is 2.08 bits per heavy atom. The van der Waals surface area contributed by atoms with Crippen molar-refractivity contribution in [3.63, 3.8) is 0 Å². The Morgan fingerprint density at radius 1 is 1.21 bits per heavy atom. The van der Waals surface area contributed by atoms with Gasteiger partial charge in [0.15, 0.2) is 5.03 Å². The lowest BCUT2D eigenvalue weighted by atomic mass is 10.1. The first-order valence-corrected chi connectivity index (χ1v) is 10.1. The Morgan fingerprint density at radius 3 is 2.92 bits per heavy atom. The van der Waals surface area contributed by atoms with Crippen molar-refractivity contribution in [2.24, 2.45) is 0 Å². The van der Waals surface area contributed by atoms with E-state index in [1.807, 2.05) is 9.47 Å². The van der Waals surface area contributed by atoms with Crippen molar-refractivity contribution >= 4 is 15.9 Å². The lowest BCUT2D eigenvalue weighted by Gasteiger charge is -2.40. The maximum atomic E-state index is 13.1. The van der Waals surface area contributed by atoms with Gasteiger partial charge in [-0.2, -0.15) is 4.31 Å². The molecule has 1 aromatic rings. The molecule has 2 fully saturated rings. The van der Waals surface area contributed by atoms with E-state index in [2.05, 4.69) is 10.3 Å². The summed E-state index contributed by atoms with van der Waals surface area (Å²) in [4.78, 5) is 18.2. The van der Waals surface area contributed by atoms with Gasteiger partial charge in [-0.3, -0.25) is 4.79 Å². The molecule has 9 heteroatoms. The minimum absolute atomic E-state index is 0.0240. The summed E-state index contributed by atoms with van der Waals surface area (Å²) >= 11 is 0. The number of carbonyl (C=O) groups is 1. The fraction of sp³-hybridized carbons (Fsp3) is 0.733. The first-order chi connectivity index (χ1) is 11.6. The zero-order chi connectivity index (χ0) is 16.7. The first kappa shape index (κ1) is 16.0. The molecule has 24 heavy (non-hydrogen) atoms. The number of aromatic nitrogens is 2. The van der Waals surface area contributed by atoms with E-state index < -0.39 is 10.0 Å². The van der Waals surface area contributed by atoms with E-state index in [-0.39, 0.29) is 11.9 Å². The van der Waals surface area contributed by atoms with Gasteiger partial charge < -0.3 is 14.8 Å². The maximum absolute atomic E-state index is 13.1. The standard InChI is InChI=1S/C15H23N5O3S/c21-14-9-16-5-8-19(14)12-3-1-6-18(11-12)24(22,23)15-10-17-13-4-2-7-20(13)15/h10,12,16H,1-9,11H2/t12-/m0/s1. The Labute approximate surface area is 141 Å². The molecule has 0 radical (unpaired) electrons. The van der Waals surface area contributed by atoms with Crippen LogP contribution < -0.4 is 5.32 Å². The third-order valence-corrected chi connectivity index (χ3v) is 7.08. The molecule has 8 nitrogen and oxygen atoms in total. The van der Waals surface area contributed by atoms with Gasteiger partial charge in [-0.05, 0) is 19.3 Å². The largest absolute Gasteiger partial charge is 0.336 e. The first-order valence-electron chi connectivity index (χ1n) is 8.62. The van der Waals surface area contributed by atoms with E-state index in [1.54, 1.807) is 4.31 Å². The summed E-state index contributed by atoms with van der Waals surface area (Å²) in [6, 6.07) is -0.0240. The van der Waals surface area contributed by atoms with Crippen LogP contribution in [-0.2, 0) is 27.8 Å². The SMILES string of the molecule is O=C1CNCCN1[C@H]1CCCN(S(=O)(=O)c2cnc3n2CCC3)C1. The molecule has 1 atom stereocenters. The van der Waals surface area contributed by atoms with E-state index in [0.29, 0.717) is 31.2 Å². The van der Waals surface area contributed by atoms with Crippen LogP contribution in [0.4, 0.5) is 0 Å². The fourth-order valence-corrected chi connectivity index (χ4v) is 5.63. The molecule has 1 amide bonds. The van der Waals surface area contributed by atoms with Crippen LogP contribution in [0.15, 0.2) is 11.2 Å². The average Bonchev–Trinajstić information content (AvgIpc) is 3.18. The van der Waals surface area contributed by atoms with Crippen LogP contribution in [0.5, 0.6) is 0 Å². The predicted octanol–water partition coefficient (Wildman–Crippen LogP) is -0.586. The van der Waals surface area contributed by atoms with Crippen LogP contribution in [0.3, 0.4) is 0 Å². The number of rotatable bonds is 3. The van der Waals surface area contributed by atoms with Crippen molar-refractivity contribution in [2.75, 3.05) is 32.7 Å². The number of nitrogens with one attached hydrogen (secondary N) is 1. The fourth-order valence-electron chi connectivity index (χ4n) is 3.97. The van der Waals surface area contributed by atoms with Gasteiger partial charge in [-0.25, -0.2) is 13.4 Å². The molecule has 4 heterocycles. The molecular formula is C15H23N5O3S. The molecule has 3 aliphatic rings. The second-order valence-corrected chi connectivity index (χ2v) is 8.58. The predicted molar refractivity (Wildman–Crippen MR) is 86.9 cm³/mol. The number of fused-ring (bicyclic) bond motifs is 1. The molecule has 0 spiro atoms. The van der Waals surface area contributed by atoms with E-state index in [1.165, 1.54) is 6.20 Å². The summed E-state index contributed by atoms with van der Waals surface area (Å²) in [5.41, 5.74) is 0. The Bertz CT molecular complexity index is 744. The van der Waals surface area contributed by atoms with Gasteiger partial charge in [-0.1, -0.05) is 0 Å². The van der Waals surface area contributed by atoms with Gasteiger partial charge in [-0.15, -0.1) is 0 Å².